The molecule has 1 fully saturated rings. The van der Waals surface area contributed by atoms with E-state index < -0.39 is 17.3 Å². The van der Waals surface area contributed by atoms with E-state index in [9.17, 15) is 14.7 Å². The lowest BCUT2D eigenvalue weighted by Crippen LogP contribution is -2.51. The van der Waals surface area contributed by atoms with Crippen molar-refractivity contribution in [3.63, 3.8) is 0 Å². The lowest BCUT2D eigenvalue weighted by atomic mass is 9.70. The molecule has 4 heteroatoms. The molecule has 1 saturated heterocycles. The van der Waals surface area contributed by atoms with Gasteiger partial charge in [-0.05, 0) is 50.2 Å². The molecule has 1 aliphatic carbocycles. The predicted octanol–water partition coefficient (Wildman–Crippen LogP) is 2.60. The zero-order chi connectivity index (χ0) is 15.7. The van der Waals surface area contributed by atoms with Crippen molar-refractivity contribution in [1.29, 1.82) is 0 Å². The second-order valence-corrected chi connectivity index (χ2v) is 6.77. The largest absolute Gasteiger partial charge is 0.481 e. The van der Waals surface area contributed by atoms with Gasteiger partial charge in [-0.15, -0.1) is 0 Å². The highest BCUT2D eigenvalue weighted by atomic mass is 16.4. The predicted molar refractivity (Wildman–Crippen MR) is 83.7 cm³/mol. The van der Waals surface area contributed by atoms with Crippen LogP contribution in [-0.4, -0.2) is 35.0 Å². The summed E-state index contributed by atoms with van der Waals surface area (Å²) in [5.74, 6) is -1.10. The van der Waals surface area contributed by atoms with E-state index in [1.54, 1.807) is 4.90 Å². The summed E-state index contributed by atoms with van der Waals surface area (Å²) in [6.07, 6.45) is 4.33. The molecule has 118 valence electrons. The van der Waals surface area contributed by atoms with Crippen molar-refractivity contribution in [3.8, 4) is 0 Å². The van der Waals surface area contributed by atoms with E-state index in [0.29, 0.717) is 19.5 Å². The van der Waals surface area contributed by atoms with Gasteiger partial charge in [-0.3, -0.25) is 9.59 Å². The van der Waals surface area contributed by atoms with Crippen molar-refractivity contribution >= 4 is 11.9 Å². The van der Waals surface area contributed by atoms with Crippen LogP contribution in [0.2, 0.25) is 0 Å². The maximum absolute atomic E-state index is 13.1. The molecule has 0 bridgehead atoms. The highest BCUT2D eigenvalue weighted by Gasteiger charge is 2.42. The lowest BCUT2D eigenvalue weighted by molar-refractivity contribution is -0.147. The number of aliphatic carboxylic acids is 1. The minimum absolute atomic E-state index is 0.102. The Hall–Kier alpha value is -1.84. The number of rotatable bonds is 2. The van der Waals surface area contributed by atoms with Gasteiger partial charge in [0.2, 0.25) is 5.91 Å². The third kappa shape index (κ3) is 2.51. The molecule has 0 radical (unpaired) electrons. The maximum atomic E-state index is 13.1. The van der Waals surface area contributed by atoms with Gasteiger partial charge in [-0.25, -0.2) is 0 Å². The van der Waals surface area contributed by atoms with Gasteiger partial charge in [-0.1, -0.05) is 24.3 Å². The zero-order valence-electron chi connectivity index (χ0n) is 13.0. The number of amides is 1. The second-order valence-electron chi connectivity index (χ2n) is 6.77. The number of piperidine rings is 1. The summed E-state index contributed by atoms with van der Waals surface area (Å²) in [5, 5.41) is 9.23. The first kappa shape index (κ1) is 15.1. The number of carboxylic acid groups (broad SMARTS) is 1. The number of aryl methyl sites for hydroxylation is 1. The average molecular weight is 301 g/mol. The van der Waals surface area contributed by atoms with Crippen LogP contribution >= 0.6 is 0 Å². The van der Waals surface area contributed by atoms with Crippen LogP contribution < -0.4 is 0 Å². The molecular formula is C18H23NO3. The fourth-order valence-corrected chi connectivity index (χ4v) is 3.98. The quantitative estimate of drug-likeness (QED) is 0.913. The molecule has 1 heterocycles. The maximum Gasteiger partial charge on any atom is 0.308 e. The number of benzene rings is 1. The summed E-state index contributed by atoms with van der Waals surface area (Å²) < 4.78 is 0. The van der Waals surface area contributed by atoms with Gasteiger partial charge in [-0.2, -0.15) is 0 Å². The highest BCUT2D eigenvalue weighted by molar-refractivity contribution is 5.89. The number of carbonyl (C=O) groups is 2. The number of fused-ring (bicyclic) bond motifs is 1. The molecule has 1 aromatic rings. The fourth-order valence-electron chi connectivity index (χ4n) is 3.98. The van der Waals surface area contributed by atoms with Crippen LogP contribution in [0.4, 0.5) is 0 Å². The summed E-state index contributed by atoms with van der Waals surface area (Å²) in [5.41, 5.74) is 1.88. The molecule has 2 aliphatic rings. The fraction of sp³-hybridized carbons (Fsp3) is 0.556. The smallest absolute Gasteiger partial charge is 0.308 e. The topological polar surface area (TPSA) is 57.6 Å². The Morgan fingerprint density at radius 3 is 2.82 bits per heavy atom. The average Bonchev–Trinajstić information content (AvgIpc) is 2.54. The van der Waals surface area contributed by atoms with Gasteiger partial charge < -0.3 is 10.0 Å². The Labute approximate surface area is 131 Å². The molecule has 1 aliphatic heterocycles. The first-order valence-electron chi connectivity index (χ1n) is 8.13. The Balaban J connectivity index is 1.87. The van der Waals surface area contributed by atoms with E-state index in [1.165, 1.54) is 5.56 Å². The monoisotopic (exact) mass is 301 g/mol. The minimum Gasteiger partial charge on any atom is -0.481 e. The highest BCUT2D eigenvalue weighted by Crippen LogP contribution is 2.39. The van der Waals surface area contributed by atoms with E-state index in [0.717, 1.165) is 31.2 Å². The van der Waals surface area contributed by atoms with Crippen LogP contribution in [0.5, 0.6) is 0 Å². The number of hydrogen-bond acceptors (Lipinski definition) is 2. The van der Waals surface area contributed by atoms with Crippen LogP contribution in [0.15, 0.2) is 24.3 Å². The molecule has 0 saturated carbocycles. The van der Waals surface area contributed by atoms with Gasteiger partial charge >= 0.3 is 5.97 Å². The van der Waals surface area contributed by atoms with E-state index in [1.807, 2.05) is 19.1 Å². The second kappa shape index (κ2) is 5.75. The number of carbonyl (C=O) groups excluding carboxylic acids is 1. The molecular weight excluding hydrogens is 278 g/mol. The van der Waals surface area contributed by atoms with Crippen LogP contribution in [0.3, 0.4) is 0 Å². The summed E-state index contributed by atoms with van der Waals surface area (Å²) in [6, 6.07) is 8.18. The Morgan fingerprint density at radius 2 is 2.05 bits per heavy atom. The van der Waals surface area contributed by atoms with Crippen molar-refractivity contribution in [2.75, 3.05) is 13.1 Å². The number of nitrogens with zero attached hydrogens (tertiary/aromatic N) is 1. The van der Waals surface area contributed by atoms with E-state index >= 15 is 0 Å². The number of likely N-dealkylation sites (tertiary alicyclic amines) is 1. The molecule has 3 rings (SSSR count). The van der Waals surface area contributed by atoms with Crippen molar-refractivity contribution < 1.29 is 14.7 Å². The van der Waals surface area contributed by atoms with Crippen molar-refractivity contribution in [2.24, 2.45) is 5.92 Å². The Bertz CT molecular complexity index is 598. The molecule has 22 heavy (non-hydrogen) atoms. The summed E-state index contributed by atoms with van der Waals surface area (Å²) in [6.45, 7) is 3.06. The van der Waals surface area contributed by atoms with Gasteiger partial charge in [0.1, 0.15) is 0 Å². The van der Waals surface area contributed by atoms with E-state index in [2.05, 4.69) is 12.1 Å². The first-order chi connectivity index (χ1) is 10.5. The van der Waals surface area contributed by atoms with Crippen LogP contribution in [0.25, 0.3) is 0 Å². The molecule has 2 unspecified atom stereocenters. The van der Waals surface area contributed by atoms with Crippen LogP contribution in [-0.2, 0) is 21.4 Å². The molecule has 1 N–H and O–H groups in total. The summed E-state index contributed by atoms with van der Waals surface area (Å²) in [4.78, 5) is 26.2. The van der Waals surface area contributed by atoms with Crippen molar-refractivity contribution in [3.05, 3.63) is 35.4 Å². The SMILES string of the molecule is CC1(C(=O)N2CCCC(C(=O)O)C2)CCCc2ccccc21. The molecule has 1 amide bonds. The van der Waals surface area contributed by atoms with E-state index in [4.69, 9.17) is 0 Å². The molecule has 2 atom stereocenters. The van der Waals surface area contributed by atoms with Crippen LogP contribution in [0, 0.1) is 5.92 Å². The van der Waals surface area contributed by atoms with Gasteiger partial charge in [0, 0.05) is 13.1 Å². The molecule has 0 aromatic heterocycles. The zero-order valence-corrected chi connectivity index (χ0v) is 13.0. The lowest BCUT2D eigenvalue weighted by Gasteiger charge is -2.41. The van der Waals surface area contributed by atoms with Crippen LogP contribution in [0.1, 0.15) is 43.7 Å². The van der Waals surface area contributed by atoms with Gasteiger partial charge in [0.05, 0.1) is 11.3 Å². The molecule has 1 aromatic carbocycles. The first-order valence-corrected chi connectivity index (χ1v) is 8.13. The number of carboxylic acids is 1. The van der Waals surface area contributed by atoms with E-state index in [-0.39, 0.29) is 5.91 Å². The molecule has 0 spiro atoms. The Kier molecular flexibility index (Phi) is 3.94. The standard InChI is InChI=1S/C18H23NO3/c1-18(10-4-7-13-6-2-3-9-15(13)18)17(22)19-11-5-8-14(12-19)16(20)21/h2-3,6,9,14H,4-5,7-8,10-12H2,1H3,(H,20,21). The summed E-state index contributed by atoms with van der Waals surface area (Å²) in [7, 11) is 0. The van der Waals surface area contributed by atoms with Gasteiger partial charge in [0.25, 0.3) is 0 Å². The third-order valence-electron chi connectivity index (χ3n) is 5.26. The van der Waals surface area contributed by atoms with Crippen molar-refractivity contribution in [2.45, 2.75) is 44.4 Å². The normalized spacial score (nSPS) is 28.0. The molecule has 4 nitrogen and oxygen atoms in total. The number of hydrogen-bond donors (Lipinski definition) is 1. The third-order valence-corrected chi connectivity index (χ3v) is 5.26. The van der Waals surface area contributed by atoms with Crippen molar-refractivity contribution in [1.82, 2.24) is 4.90 Å². The minimum atomic E-state index is -0.785. The Morgan fingerprint density at radius 1 is 1.27 bits per heavy atom. The van der Waals surface area contributed by atoms with Gasteiger partial charge in [0.15, 0.2) is 0 Å². The summed E-state index contributed by atoms with van der Waals surface area (Å²) >= 11 is 0.